The zero-order valence-corrected chi connectivity index (χ0v) is 15.8. The molecule has 0 spiro atoms. The first kappa shape index (κ1) is 20.1. The summed E-state index contributed by atoms with van der Waals surface area (Å²) in [5, 5.41) is 2.53. The van der Waals surface area contributed by atoms with Gasteiger partial charge in [-0.1, -0.05) is 24.3 Å². The summed E-state index contributed by atoms with van der Waals surface area (Å²) in [6.45, 7) is 0.357. The van der Waals surface area contributed by atoms with Crippen molar-refractivity contribution in [3.05, 3.63) is 60.0 Å². The molecule has 1 aromatic heterocycles. The molecule has 3 aromatic rings. The van der Waals surface area contributed by atoms with Crippen molar-refractivity contribution in [2.24, 2.45) is 5.92 Å². The number of aromatic nitrogens is 2. The van der Waals surface area contributed by atoms with Gasteiger partial charge in [0.2, 0.25) is 5.91 Å². The smallest absolute Gasteiger partial charge is 0.354 e. The van der Waals surface area contributed by atoms with Crippen LogP contribution >= 0.6 is 0 Å². The summed E-state index contributed by atoms with van der Waals surface area (Å²) >= 11 is 0. The fourth-order valence-electron chi connectivity index (χ4n) is 3.58. The number of nitrogens with one attached hydrogen (secondary N) is 1. The molecule has 1 saturated heterocycles. The van der Waals surface area contributed by atoms with Crippen LogP contribution < -0.4 is 10.2 Å². The zero-order chi connectivity index (χ0) is 21.3. The molecule has 0 radical (unpaired) electrons. The zero-order valence-electron chi connectivity index (χ0n) is 15.8. The van der Waals surface area contributed by atoms with Gasteiger partial charge in [0.05, 0.1) is 22.6 Å². The SMILES string of the molecule is O=C(Nc1ccccc1F)[C@@H]1CCCN(c2nc3ccccc3nc2C(F)(F)F)C1. The maximum Gasteiger partial charge on any atom is 0.437 e. The van der Waals surface area contributed by atoms with Gasteiger partial charge in [0, 0.05) is 13.1 Å². The minimum Gasteiger partial charge on any atom is -0.354 e. The van der Waals surface area contributed by atoms with Gasteiger partial charge in [-0.25, -0.2) is 14.4 Å². The summed E-state index contributed by atoms with van der Waals surface area (Å²) < 4.78 is 54.8. The van der Waals surface area contributed by atoms with E-state index in [1.807, 2.05) is 0 Å². The van der Waals surface area contributed by atoms with Crippen LogP contribution in [-0.4, -0.2) is 29.0 Å². The van der Waals surface area contributed by atoms with Crippen molar-refractivity contribution in [3.8, 4) is 0 Å². The fourth-order valence-corrected chi connectivity index (χ4v) is 3.58. The highest BCUT2D eigenvalue weighted by molar-refractivity contribution is 5.93. The average Bonchev–Trinajstić information content (AvgIpc) is 2.74. The predicted octanol–water partition coefficient (Wildman–Crippen LogP) is 4.64. The Morgan fingerprint density at radius 1 is 1.03 bits per heavy atom. The van der Waals surface area contributed by atoms with Crippen LogP contribution in [-0.2, 0) is 11.0 Å². The lowest BCUT2D eigenvalue weighted by atomic mass is 9.96. The van der Waals surface area contributed by atoms with Crippen LogP contribution in [0, 0.1) is 11.7 Å². The van der Waals surface area contributed by atoms with Crippen LogP contribution in [0.15, 0.2) is 48.5 Å². The van der Waals surface area contributed by atoms with Gasteiger partial charge in [-0.2, -0.15) is 13.2 Å². The van der Waals surface area contributed by atoms with E-state index in [0.717, 1.165) is 0 Å². The molecule has 0 aliphatic carbocycles. The van der Waals surface area contributed by atoms with Crippen molar-refractivity contribution < 1.29 is 22.4 Å². The van der Waals surface area contributed by atoms with Crippen LogP contribution in [0.4, 0.5) is 29.1 Å². The van der Waals surface area contributed by atoms with E-state index in [1.54, 1.807) is 24.3 Å². The van der Waals surface area contributed by atoms with Crippen molar-refractivity contribution in [2.45, 2.75) is 19.0 Å². The number of fused-ring (bicyclic) bond motifs is 1. The number of rotatable bonds is 3. The second-order valence-electron chi connectivity index (χ2n) is 7.14. The Bertz CT molecular complexity index is 1090. The Balaban J connectivity index is 1.62. The van der Waals surface area contributed by atoms with Crippen molar-refractivity contribution in [2.75, 3.05) is 23.3 Å². The van der Waals surface area contributed by atoms with E-state index in [4.69, 9.17) is 0 Å². The number of benzene rings is 2. The van der Waals surface area contributed by atoms with Crippen molar-refractivity contribution in [1.82, 2.24) is 9.97 Å². The standard InChI is InChI=1S/C21H18F4N4O/c22-14-7-1-2-8-15(14)28-20(30)13-6-5-11-29(12-13)19-18(21(23,24)25)26-16-9-3-4-10-17(16)27-19/h1-4,7-10,13H,5-6,11-12H2,(H,28,30)/t13-/m1/s1. The van der Waals surface area contributed by atoms with Gasteiger partial charge in [0.25, 0.3) is 0 Å². The molecule has 9 heteroatoms. The molecule has 30 heavy (non-hydrogen) atoms. The second-order valence-corrected chi connectivity index (χ2v) is 7.14. The molecule has 2 aromatic carbocycles. The highest BCUT2D eigenvalue weighted by Gasteiger charge is 2.40. The lowest BCUT2D eigenvalue weighted by Crippen LogP contribution is -2.42. The van der Waals surface area contributed by atoms with Crippen molar-refractivity contribution >= 4 is 28.4 Å². The van der Waals surface area contributed by atoms with Gasteiger partial charge in [-0.05, 0) is 37.1 Å². The number of amides is 1. The summed E-state index contributed by atoms with van der Waals surface area (Å²) in [4.78, 5) is 22.1. The normalized spacial score (nSPS) is 17.2. The number of piperidine rings is 1. The van der Waals surface area contributed by atoms with Gasteiger partial charge >= 0.3 is 6.18 Å². The van der Waals surface area contributed by atoms with E-state index in [9.17, 15) is 22.4 Å². The van der Waals surface area contributed by atoms with Crippen LogP contribution in [0.25, 0.3) is 11.0 Å². The summed E-state index contributed by atoms with van der Waals surface area (Å²) in [7, 11) is 0. The van der Waals surface area contributed by atoms with Crippen LogP contribution in [0.2, 0.25) is 0 Å². The van der Waals surface area contributed by atoms with E-state index in [1.165, 1.54) is 29.2 Å². The number of para-hydroxylation sites is 3. The summed E-state index contributed by atoms with van der Waals surface area (Å²) in [6.07, 6.45) is -3.70. The third kappa shape index (κ3) is 4.05. The molecular weight excluding hydrogens is 400 g/mol. The molecule has 2 heterocycles. The van der Waals surface area contributed by atoms with Gasteiger partial charge in [-0.3, -0.25) is 4.79 Å². The molecule has 1 amide bonds. The quantitative estimate of drug-likeness (QED) is 0.630. The highest BCUT2D eigenvalue weighted by Crippen LogP contribution is 2.36. The summed E-state index contributed by atoms with van der Waals surface area (Å²) in [5.41, 5.74) is -0.532. The molecule has 1 N–H and O–H groups in total. The third-order valence-corrected chi connectivity index (χ3v) is 5.04. The van der Waals surface area contributed by atoms with Gasteiger partial charge in [-0.15, -0.1) is 0 Å². The molecule has 1 aliphatic rings. The van der Waals surface area contributed by atoms with Gasteiger partial charge < -0.3 is 10.2 Å². The lowest BCUT2D eigenvalue weighted by molar-refractivity contribution is -0.140. The molecule has 1 fully saturated rings. The van der Waals surface area contributed by atoms with E-state index in [2.05, 4.69) is 15.3 Å². The summed E-state index contributed by atoms with van der Waals surface area (Å²) in [6, 6.07) is 12.1. The lowest BCUT2D eigenvalue weighted by Gasteiger charge is -2.34. The van der Waals surface area contributed by atoms with Gasteiger partial charge in [0.1, 0.15) is 5.82 Å². The first-order valence-electron chi connectivity index (χ1n) is 9.47. The van der Waals surface area contributed by atoms with Gasteiger partial charge in [0.15, 0.2) is 11.5 Å². The average molecular weight is 418 g/mol. The molecule has 0 bridgehead atoms. The number of anilines is 2. The van der Waals surface area contributed by atoms with Crippen molar-refractivity contribution in [3.63, 3.8) is 0 Å². The molecular formula is C21H18F4N4O. The number of hydrogen-bond acceptors (Lipinski definition) is 4. The Labute approximate surface area is 169 Å². The number of hydrogen-bond donors (Lipinski definition) is 1. The maximum atomic E-state index is 13.8. The first-order chi connectivity index (χ1) is 14.3. The third-order valence-electron chi connectivity index (χ3n) is 5.04. The Morgan fingerprint density at radius 2 is 1.70 bits per heavy atom. The minimum atomic E-state index is -4.69. The summed E-state index contributed by atoms with van der Waals surface area (Å²) in [5.74, 6) is -1.90. The number of carbonyl (C=O) groups excluding carboxylic acids is 1. The molecule has 1 aliphatic heterocycles. The maximum absolute atomic E-state index is 13.8. The number of nitrogens with zero attached hydrogens (tertiary/aromatic N) is 3. The molecule has 5 nitrogen and oxygen atoms in total. The molecule has 0 unspecified atom stereocenters. The van der Waals surface area contributed by atoms with E-state index < -0.39 is 29.5 Å². The Morgan fingerprint density at radius 3 is 2.40 bits per heavy atom. The monoisotopic (exact) mass is 418 g/mol. The minimum absolute atomic E-state index is 0.0381. The van der Waals surface area contributed by atoms with Crippen LogP contribution in [0.3, 0.4) is 0 Å². The van der Waals surface area contributed by atoms with E-state index in [0.29, 0.717) is 24.9 Å². The predicted molar refractivity (Wildman–Crippen MR) is 105 cm³/mol. The van der Waals surface area contributed by atoms with Crippen LogP contribution in [0.5, 0.6) is 0 Å². The topological polar surface area (TPSA) is 58.1 Å². The first-order valence-corrected chi connectivity index (χ1v) is 9.47. The van der Waals surface area contributed by atoms with Crippen molar-refractivity contribution in [1.29, 1.82) is 0 Å². The second kappa shape index (κ2) is 7.89. The molecule has 156 valence electrons. The fraction of sp³-hybridized carbons (Fsp3) is 0.286. The molecule has 0 saturated carbocycles. The number of alkyl halides is 3. The number of halogens is 4. The Kier molecular flexibility index (Phi) is 5.27. The van der Waals surface area contributed by atoms with Crippen LogP contribution in [0.1, 0.15) is 18.5 Å². The van der Waals surface area contributed by atoms with E-state index in [-0.39, 0.29) is 23.6 Å². The number of carbonyl (C=O) groups is 1. The largest absolute Gasteiger partial charge is 0.437 e. The Hall–Kier alpha value is -3.23. The molecule has 1 atom stereocenters. The van der Waals surface area contributed by atoms with E-state index >= 15 is 0 Å². The highest BCUT2D eigenvalue weighted by atomic mass is 19.4. The molecule has 4 rings (SSSR count).